The zero-order valence-corrected chi connectivity index (χ0v) is 19.4. The molecular weight excluding hydrogens is 426 g/mol. The molecule has 3 rings (SSSR count). The van der Waals surface area contributed by atoms with E-state index in [4.69, 9.17) is 14.2 Å². The number of benzene rings is 2. The monoisotopic (exact) mass is 455 g/mol. The minimum absolute atomic E-state index is 0.192. The Morgan fingerprint density at radius 2 is 1.58 bits per heavy atom. The van der Waals surface area contributed by atoms with Crippen LogP contribution in [0.5, 0.6) is 11.5 Å². The summed E-state index contributed by atoms with van der Waals surface area (Å²) >= 11 is 0. The van der Waals surface area contributed by atoms with E-state index in [9.17, 15) is 14.4 Å². The zero-order chi connectivity index (χ0) is 24.1. The number of amides is 2. The normalized spacial score (nSPS) is 20.7. The molecule has 0 aromatic heterocycles. The van der Waals surface area contributed by atoms with Crippen LogP contribution in [0.25, 0.3) is 11.1 Å². The number of fused-ring (bicyclic) bond motifs is 5. The van der Waals surface area contributed by atoms with Crippen LogP contribution < -0.4 is 25.4 Å². The first-order valence-electron chi connectivity index (χ1n) is 10.5. The number of ether oxygens (including phenoxy) is 3. The molecule has 0 radical (unpaired) electrons. The molecule has 0 fully saturated rings. The number of hydrogen-bond donors (Lipinski definition) is 3. The Morgan fingerprint density at radius 3 is 2.18 bits per heavy atom. The minimum atomic E-state index is -0.931. The van der Waals surface area contributed by atoms with Crippen LogP contribution in [0.2, 0.25) is 0 Å². The first kappa shape index (κ1) is 24.1. The van der Waals surface area contributed by atoms with Gasteiger partial charge in [-0.05, 0) is 49.4 Å². The number of likely N-dealkylation sites (N-methyl/N-ethyl adjacent to an activating group) is 1. The molecule has 0 aliphatic carbocycles. The Labute approximate surface area is 192 Å². The van der Waals surface area contributed by atoms with Gasteiger partial charge in [-0.15, -0.1) is 0 Å². The number of hydrogen-bond acceptors (Lipinski definition) is 7. The van der Waals surface area contributed by atoms with E-state index in [2.05, 4.69) is 16.0 Å². The molecule has 2 aromatic rings. The molecule has 1 aliphatic heterocycles. The summed E-state index contributed by atoms with van der Waals surface area (Å²) in [6.45, 7) is 1.56. The van der Waals surface area contributed by atoms with E-state index in [0.29, 0.717) is 17.1 Å². The maximum Gasteiger partial charge on any atom is 0.328 e. The summed E-state index contributed by atoms with van der Waals surface area (Å²) in [6, 6.07) is 8.42. The van der Waals surface area contributed by atoms with Crippen molar-refractivity contribution in [1.29, 1.82) is 0 Å². The van der Waals surface area contributed by atoms with E-state index in [1.165, 1.54) is 7.11 Å². The van der Waals surface area contributed by atoms with Crippen molar-refractivity contribution in [3.05, 3.63) is 47.5 Å². The topological polar surface area (TPSA) is 115 Å². The summed E-state index contributed by atoms with van der Waals surface area (Å²) in [7, 11) is 6.06. The highest BCUT2D eigenvalue weighted by Crippen LogP contribution is 2.39. The average Bonchev–Trinajstić information content (AvgIpc) is 2.82. The van der Waals surface area contributed by atoms with Crippen molar-refractivity contribution in [2.24, 2.45) is 0 Å². The largest absolute Gasteiger partial charge is 0.496 e. The van der Waals surface area contributed by atoms with Crippen LogP contribution in [0, 0.1) is 0 Å². The summed E-state index contributed by atoms with van der Waals surface area (Å²) in [4.78, 5) is 38.2. The summed E-state index contributed by atoms with van der Waals surface area (Å²) < 4.78 is 16.1. The highest BCUT2D eigenvalue weighted by atomic mass is 16.5. The van der Waals surface area contributed by atoms with Gasteiger partial charge in [0.05, 0.1) is 21.3 Å². The quantitative estimate of drug-likeness (QED) is 0.596. The highest BCUT2D eigenvalue weighted by molar-refractivity contribution is 5.92. The Morgan fingerprint density at radius 1 is 0.939 bits per heavy atom. The van der Waals surface area contributed by atoms with Crippen molar-refractivity contribution in [2.45, 2.75) is 31.5 Å². The number of carbonyl (C=O) groups is 3. The molecule has 2 amide bonds. The van der Waals surface area contributed by atoms with E-state index in [-0.39, 0.29) is 12.3 Å². The summed E-state index contributed by atoms with van der Waals surface area (Å²) in [5.41, 5.74) is 2.93. The fourth-order valence-corrected chi connectivity index (χ4v) is 3.89. The number of nitrogens with one attached hydrogen (secondary N) is 3. The molecule has 4 bridgehead atoms. The smallest absolute Gasteiger partial charge is 0.328 e. The number of carbonyl (C=O) groups excluding carboxylic acids is 3. The number of rotatable bonds is 4. The molecule has 1 unspecified atom stereocenters. The second-order valence-corrected chi connectivity index (χ2v) is 7.73. The fourth-order valence-electron chi connectivity index (χ4n) is 3.89. The third kappa shape index (κ3) is 5.09. The van der Waals surface area contributed by atoms with Gasteiger partial charge in [-0.2, -0.15) is 0 Å². The summed E-state index contributed by atoms with van der Waals surface area (Å²) in [6.07, 6.45) is 0.192. The molecule has 3 atom stereocenters. The Hall–Kier alpha value is -3.59. The highest BCUT2D eigenvalue weighted by Gasteiger charge is 2.29. The first-order valence-corrected chi connectivity index (χ1v) is 10.5. The standard InChI is InChI=1S/C24H29N3O6/c1-13-22(28)27-18(24(30)33-5)11-14-6-8-19(31-3)16(10-14)17-12-15(7-9-20(17)32-4)21(25-2)23(29)26-13/h6-10,12-13,18,21,25H,11H2,1-5H3,(H,26,29)(H,27,28)/t13-,18-,21?/m0/s1. The van der Waals surface area contributed by atoms with Crippen molar-refractivity contribution in [3.8, 4) is 22.6 Å². The summed E-state index contributed by atoms with van der Waals surface area (Å²) in [5, 5.41) is 8.39. The van der Waals surface area contributed by atoms with Crippen molar-refractivity contribution in [2.75, 3.05) is 28.4 Å². The average molecular weight is 456 g/mol. The summed E-state index contributed by atoms with van der Waals surface area (Å²) in [5.74, 6) is -0.265. The van der Waals surface area contributed by atoms with Gasteiger partial charge in [0.1, 0.15) is 29.6 Å². The molecule has 1 heterocycles. The second-order valence-electron chi connectivity index (χ2n) is 7.73. The predicted molar refractivity (Wildman–Crippen MR) is 122 cm³/mol. The van der Waals surface area contributed by atoms with Gasteiger partial charge in [0.2, 0.25) is 11.8 Å². The lowest BCUT2D eigenvalue weighted by Gasteiger charge is -2.24. The molecule has 0 saturated carbocycles. The van der Waals surface area contributed by atoms with Crippen molar-refractivity contribution in [3.63, 3.8) is 0 Å². The van der Waals surface area contributed by atoms with Gasteiger partial charge < -0.3 is 30.2 Å². The molecular formula is C24H29N3O6. The second kappa shape index (κ2) is 10.4. The van der Waals surface area contributed by atoms with Crippen LogP contribution in [0.15, 0.2) is 36.4 Å². The van der Waals surface area contributed by atoms with Gasteiger partial charge in [0, 0.05) is 17.5 Å². The van der Waals surface area contributed by atoms with E-state index in [1.54, 1.807) is 46.4 Å². The lowest BCUT2D eigenvalue weighted by Crippen LogP contribution is -2.52. The van der Waals surface area contributed by atoms with Crippen LogP contribution in [-0.2, 0) is 25.5 Å². The van der Waals surface area contributed by atoms with Gasteiger partial charge in [0.15, 0.2) is 0 Å². The molecule has 0 spiro atoms. The van der Waals surface area contributed by atoms with Crippen molar-refractivity contribution >= 4 is 17.8 Å². The minimum Gasteiger partial charge on any atom is -0.496 e. The molecule has 33 heavy (non-hydrogen) atoms. The predicted octanol–water partition coefficient (Wildman–Crippen LogP) is 1.35. The van der Waals surface area contributed by atoms with Crippen molar-refractivity contribution in [1.82, 2.24) is 16.0 Å². The lowest BCUT2D eigenvalue weighted by molar-refractivity contribution is -0.145. The van der Waals surface area contributed by atoms with E-state index >= 15 is 0 Å². The molecule has 176 valence electrons. The van der Waals surface area contributed by atoms with Gasteiger partial charge >= 0.3 is 5.97 Å². The Balaban J connectivity index is 2.23. The van der Waals surface area contributed by atoms with Crippen LogP contribution in [-0.4, -0.2) is 58.2 Å². The van der Waals surface area contributed by atoms with Gasteiger partial charge in [-0.1, -0.05) is 12.1 Å². The van der Waals surface area contributed by atoms with Gasteiger partial charge in [0.25, 0.3) is 0 Å². The third-order valence-corrected chi connectivity index (χ3v) is 5.66. The van der Waals surface area contributed by atoms with Crippen molar-refractivity contribution < 1.29 is 28.6 Å². The van der Waals surface area contributed by atoms with Gasteiger partial charge in [-0.3, -0.25) is 9.59 Å². The maximum absolute atomic E-state index is 13.0. The molecule has 1 aliphatic rings. The van der Waals surface area contributed by atoms with E-state index in [1.807, 2.05) is 18.2 Å². The van der Waals surface area contributed by atoms with E-state index in [0.717, 1.165) is 16.7 Å². The molecule has 9 nitrogen and oxygen atoms in total. The Kier molecular flexibility index (Phi) is 7.55. The molecule has 2 aromatic carbocycles. The first-order chi connectivity index (χ1) is 15.8. The van der Waals surface area contributed by atoms with Gasteiger partial charge in [-0.25, -0.2) is 4.79 Å². The number of methoxy groups -OCH3 is 3. The SMILES string of the molecule is CNC1C(=O)N[C@@H](C)C(=O)N[C@H](C(=O)OC)Cc2ccc(OC)c(c2)-c2cc1ccc2OC. The van der Waals surface area contributed by atoms with E-state index < -0.39 is 30.0 Å². The number of esters is 1. The third-order valence-electron chi connectivity index (χ3n) is 5.66. The lowest BCUT2D eigenvalue weighted by atomic mass is 9.94. The van der Waals surface area contributed by atoms with Crippen LogP contribution in [0.1, 0.15) is 24.1 Å². The molecule has 3 N–H and O–H groups in total. The fraction of sp³-hybridized carbons (Fsp3) is 0.375. The molecule has 9 heteroatoms. The molecule has 0 saturated heterocycles. The van der Waals surface area contributed by atoms with Crippen LogP contribution >= 0.6 is 0 Å². The van der Waals surface area contributed by atoms with Crippen LogP contribution in [0.3, 0.4) is 0 Å². The van der Waals surface area contributed by atoms with Crippen LogP contribution in [0.4, 0.5) is 0 Å². The maximum atomic E-state index is 13.0. The Bertz CT molecular complexity index is 1050. The zero-order valence-electron chi connectivity index (χ0n) is 19.4.